The molecule has 2 fully saturated rings. The molecule has 2 saturated heterocycles. The molecule has 0 saturated carbocycles. The van der Waals surface area contributed by atoms with Gasteiger partial charge in [-0.15, -0.1) is 0 Å². The molecule has 0 aromatic heterocycles. The van der Waals surface area contributed by atoms with Crippen LogP contribution in [0.25, 0.3) is 0 Å². The molecule has 2 heterocycles. The van der Waals surface area contributed by atoms with Crippen LogP contribution in [0.3, 0.4) is 0 Å². The standard InChI is InChI=1S/C24H25N3O3/c28-22-9-4-12-26(22)21-8-2-1-7-20(21)25-24(30)18-14-23(29)27(15-18)19-11-10-16-5-3-6-17(16)13-19/h1-2,7-8,10-11,13,18H,3-6,9,12,14-15H2,(H,25,30). The first-order valence-electron chi connectivity index (χ1n) is 10.7. The van der Waals surface area contributed by atoms with Crippen molar-refractivity contribution in [3.63, 3.8) is 0 Å². The second kappa shape index (κ2) is 7.59. The maximum Gasteiger partial charge on any atom is 0.229 e. The molecule has 2 aromatic rings. The summed E-state index contributed by atoms with van der Waals surface area (Å²) in [5.74, 6) is -0.522. The smallest absolute Gasteiger partial charge is 0.229 e. The number of carbonyl (C=O) groups is 3. The van der Waals surface area contributed by atoms with Crippen LogP contribution >= 0.6 is 0 Å². The summed E-state index contributed by atoms with van der Waals surface area (Å²) in [4.78, 5) is 41.3. The SMILES string of the molecule is O=C(Nc1ccccc1N1CCCC1=O)C1CC(=O)N(c2ccc3c(c2)CCC3)C1. The maximum atomic E-state index is 13.0. The summed E-state index contributed by atoms with van der Waals surface area (Å²) in [5.41, 5.74) is 4.93. The topological polar surface area (TPSA) is 69.7 Å². The number of rotatable bonds is 4. The molecule has 1 unspecified atom stereocenters. The second-order valence-corrected chi connectivity index (χ2v) is 8.37. The number of fused-ring (bicyclic) bond motifs is 1. The van der Waals surface area contributed by atoms with Crippen molar-refractivity contribution < 1.29 is 14.4 Å². The summed E-state index contributed by atoms with van der Waals surface area (Å²) >= 11 is 0. The predicted octanol–water partition coefficient (Wildman–Crippen LogP) is 3.29. The summed E-state index contributed by atoms with van der Waals surface area (Å²) < 4.78 is 0. The van der Waals surface area contributed by atoms with Crippen molar-refractivity contribution in [1.29, 1.82) is 0 Å². The number of nitrogens with one attached hydrogen (secondary N) is 1. The van der Waals surface area contributed by atoms with E-state index in [0.717, 1.165) is 37.1 Å². The number of hydrogen-bond donors (Lipinski definition) is 1. The molecular formula is C24H25N3O3. The molecule has 0 bridgehead atoms. The minimum Gasteiger partial charge on any atom is -0.324 e. The van der Waals surface area contributed by atoms with Crippen LogP contribution in [-0.4, -0.2) is 30.8 Å². The van der Waals surface area contributed by atoms with E-state index >= 15 is 0 Å². The lowest BCUT2D eigenvalue weighted by molar-refractivity contribution is -0.122. The Morgan fingerprint density at radius 3 is 2.57 bits per heavy atom. The fourth-order valence-electron chi connectivity index (χ4n) is 4.81. The number of aryl methyl sites for hydroxylation is 2. The molecule has 0 radical (unpaired) electrons. The van der Waals surface area contributed by atoms with E-state index < -0.39 is 5.92 Å². The molecule has 6 heteroatoms. The molecule has 6 nitrogen and oxygen atoms in total. The third kappa shape index (κ3) is 3.36. The van der Waals surface area contributed by atoms with E-state index in [-0.39, 0.29) is 24.1 Å². The van der Waals surface area contributed by atoms with Crippen LogP contribution in [-0.2, 0) is 27.2 Å². The van der Waals surface area contributed by atoms with Crippen LogP contribution in [0.1, 0.15) is 36.8 Å². The molecule has 5 rings (SSSR count). The van der Waals surface area contributed by atoms with E-state index in [1.807, 2.05) is 30.3 Å². The lowest BCUT2D eigenvalue weighted by Crippen LogP contribution is -2.29. The van der Waals surface area contributed by atoms with Crippen LogP contribution in [0.15, 0.2) is 42.5 Å². The Hall–Kier alpha value is -3.15. The fraction of sp³-hybridized carbons (Fsp3) is 0.375. The van der Waals surface area contributed by atoms with Crippen molar-refractivity contribution in [2.45, 2.75) is 38.5 Å². The summed E-state index contributed by atoms with van der Waals surface area (Å²) in [6, 6.07) is 13.6. The lowest BCUT2D eigenvalue weighted by Gasteiger charge is -2.21. The van der Waals surface area contributed by atoms with Crippen LogP contribution in [0, 0.1) is 5.92 Å². The van der Waals surface area contributed by atoms with E-state index in [4.69, 9.17) is 0 Å². The zero-order valence-corrected chi connectivity index (χ0v) is 16.9. The van der Waals surface area contributed by atoms with Crippen molar-refractivity contribution in [3.05, 3.63) is 53.6 Å². The fourth-order valence-corrected chi connectivity index (χ4v) is 4.81. The highest BCUT2D eigenvalue weighted by Gasteiger charge is 2.36. The van der Waals surface area contributed by atoms with E-state index in [0.29, 0.717) is 25.2 Å². The summed E-state index contributed by atoms with van der Waals surface area (Å²) in [7, 11) is 0. The Balaban J connectivity index is 1.31. The highest BCUT2D eigenvalue weighted by atomic mass is 16.2. The molecular weight excluding hydrogens is 378 g/mol. The van der Waals surface area contributed by atoms with Gasteiger partial charge in [0.2, 0.25) is 17.7 Å². The quantitative estimate of drug-likeness (QED) is 0.852. The number of nitrogens with zero attached hydrogens (tertiary/aromatic N) is 2. The minimum absolute atomic E-state index is 0.0175. The van der Waals surface area contributed by atoms with Gasteiger partial charge in [0, 0.05) is 31.6 Å². The van der Waals surface area contributed by atoms with Crippen molar-refractivity contribution in [3.8, 4) is 0 Å². The third-order valence-corrected chi connectivity index (χ3v) is 6.42. The Bertz CT molecular complexity index is 1030. The lowest BCUT2D eigenvalue weighted by atomic mass is 10.1. The molecule has 2 aliphatic heterocycles. The molecule has 3 aliphatic rings. The van der Waals surface area contributed by atoms with E-state index in [1.54, 1.807) is 9.80 Å². The number of hydrogen-bond acceptors (Lipinski definition) is 3. The summed E-state index contributed by atoms with van der Waals surface area (Å²) in [6.07, 6.45) is 4.89. The Morgan fingerprint density at radius 1 is 0.900 bits per heavy atom. The van der Waals surface area contributed by atoms with Gasteiger partial charge in [-0.3, -0.25) is 14.4 Å². The Labute approximate surface area is 175 Å². The highest BCUT2D eigenvalue weighted by Crippen LogP contribution is 2.33. The molecule has 2 aromatic carbocycles. The van der Waals surface area contributed by atoms with E-state index in [9.17, 15) is 14.4 Å². The number of para-hydroxylation sites is 2. The van der Waals surface area contributed by atoms with Gasteiger partial charge in [-0.2, -0.15) is 0 Å². The van der Waals surface area contributed by atoms with Crippen LogP contribution in [0.5, 0.6) is 0 Å². The number of benzene rings is 2. The van der Waals surface area contributed by atoms with Gasteiger partial charge >= 0.3 is 0 Å². The molecule has 1 aliphatic carbocycles. The van der Waals surface area contributed by atoms with Gasteiger partial charge in [-0.05, 0) is 61.1 Å². The largest absolute Gasteiger partial charge is 0.324 e. The van der Waals surface area contributed by atoms with Gasteiger partial charge in [0.15, 0.2) is 0 Å². The van der Waals surface area contributed by atoms with Crippen molar-refractivity contribution in [2.75, 3.05) is 28.2 Å². The van der Waals surface area contributed by atoms with Crippen molar-refractivity contribution in [1.82, 2.24) is 0 Å². The van der Waals surface area contributed by atoms with Crippen LogP contribution < -0.4 is 15.1 Å². The molecule has 1 N–H and O–H groups in total. The molecule has 154 valence electrons. The van der Waals surface area contributed by atoms with Crippen molar-refractivity contribution >= 4 is 34.8 Å². The third-order valence-electron chi connectivity index (χ3n) is 6.42. The van der Waals surface area contributed by atoms with E-state index in [1.165, 1.54) is 11.1 Å². The maximum absolute atomic E-state index is 13.0. The highest BCUT2D eigenvalue weighted by molar-refractivity contribution is 6.06. The number of carbonyl (C=O) groups excluding carboxylic acids is 3. The van der Waals surface area contributed by atoms with Gasteiger partial charge in [0.25, 0.3) is 0 Å². The Kier molecular flexibility index (Phi) is 4.77. The van der Waals surface area contributed by atoms with Crippen LogP contribution in [0.2, 0.25) is 0 Å². The van der Waals surface area contributed by atoms with Gasteiger partial charge in [0.05, 0.1) is 17.3 Å². The first-order valence-corrected chi connectivity index (χ1v) is 10.7. The molecule has 30 heavy (non-hydrogen) atoms. The first-order chi connectivity index (χ1) is 14.6. The summed E-state index contributed by atoms with van der Waals surface area (Å²) in [6.45, 7) is 1.05. The first kappa shape index (κ1) is 18.9. The van der Waals surface area contributed by atoms with Gasteiger partial charge in [-0.25, -0.2) is 0 Å². The van der Waals surface area contributed by atoms with Gasteiger partial charge < -0.3 is 15.1 Å². The Morgan fingerprint density at radius 2 is 1.73 bits per heavy atom. The van der Waals surface area contributed by atoms with Gasteiger partial charge in [-0.1, -0.05) is 18.2 Å². The second-order valence-electron chi connectivity index (χ2n) is 8.37. The molecule has 0 spiro atoms. The van der Waals surface area contributed by atoms with Crippen LogP contribution in [0.4, 0.5) is 17.1 Å². The normalized spacial score (nSPS) is 20.7. The molecule has 3 amide bonds. The minimum atomic E-state index is -0.409. The number of amides is 3. The zero-order chi connectivity index (χ0) is 20.7. The van der Waals surface area contributed by atoms with E-state index in [2.05, 4.69) is 17.4 Å². The zero-order valence-electron chi connectivity index (χ0n) is 16.9. The summed E-state index contributed by atoms with van der Waals surface area (Å²) in [5, 5.41) is 2.97. The predicted molar refractivity (Wildman–Crippen MR) is 116 cm³/mol. The van der Waals surface area contributed by atoms with Crippen molar-refractivity contribution in [2.24, 2.45) is 5.92 Å². The monoisotopic (exact) mass is 403 g/mol. The molecule has 1 atom stereocenters. The average molecular weight is 403 g/mol. The van der Waals surface area contributed by atoms with Gasteiger partial charge in [0.1, 0.15) is 0 Å². The number of anilines is 3. The average Bonchev–Trinajstić information content (AvgIpc) is 3.47.